The molecule has 1 atom stereocenters. The van der Waals surface area contributed by atoms with Gasteiger partial charge in [-0.1, -0.05) is 18.2 Å². The number of nitrogens with zero attached hydrogens (tertiary/aromatic N) is 4. The minimum absolute atomic E-state index is 0.0538. The Balaban J connectivity index is 1.60. The van der Waals surface area contributed by atoms with Crippen LogP contribution in [-0.2, 0) is 38.2 Å². The van der Waals surface area contributed by atoms with Crippen LogP contribution in [0.5, 0.6) is 0 Å². The summed E-state index contributed by atoms with van der Waals surface area (Å²) in [4.78, 5) is 21.3. The topological polar surface area (TPSA) is 106 Å². The number of halogens is 1. The van der Waals surface area contributed by atoms with Gasteiger partial charge in [-0.15, -0.1) is 0 Å². The van der Waals surface area contributed by atoms with Gasteiger partial charge in [-0.25, -0.2) is 22.6 Å². The van der Waals surface area contributed by atoms with E-state index >= 15 is 0 Å². The molecular formula is C26H38FN5O5S. The SMILES string of the molecule is CC(C)NC(=O)N(CCN1CCOCC1)Cc1cnc(S(=O)(=O)Cc2ccccc2F)n1C[C@@H]1CCCO1. The number of amides is 2. The van der Waals surface area contributed by atoms with Crippen molar-refractivity contribution in [3.05, 3.63) is 47.5 Å². The number of benzene rings is 1. The Morgan fingerprint density at radius 2 is 2.00 bits per heavy atom. The Kier molecular flexibility index (Phi) is 9.74. The van der Waals surface area contributed by atoms with Crippen LogP contribution in [0.2, 0.25) is 0 Å². The third kappa shape index (κ3) is 7.52. The molecule has 1 aromatic carbocycles. The molecule has 4 rings (SSSR count). The fourth-order valence-corrected chi connectivity index (χ4v) is 6.22. The minimum atomic E-state index is -3.98. The van der Waals surface area contributed by atoms with E-state index in [1.54, 1.807) is 15.5 Å². The molecule has 1 aromatic heterocycles. The number of sulfone groups is 1. The van der Waals surface area contributed by atoms with Crippen LogP contribution in [0.3, 0.4) is 0 Å². The number of imidazole rings is 1. The van der Waals surface area contributed by atoms with Gasteiger partial charge in [-0.05, 0) is 32.8 Å². The second-order valence-corrected chi connectivity index (χ2v) is 12.0. The summed E-state index contributed by atoms with van der Waals surface area (Å²) < 4.78 is 54.1. The summed E-state index contributed by atoms with van der Waals surface area (Å²) in [6.07, 6.45) is 3.05. The molecule has 2 aromatic rings. The summed E-state index contributed by atoms with van der Waals surface area (Å²) in [6.45, 7) is 8.94. The zero-order valence-corrected chi connectivity index (χ0v) is 23.0. The lowest BCUT2D eigenvalue weighted by atomic mass is 10.2. The van der Waals surface area contributed by atoms with Crippen molar-refractivity contribution >= 4 is 15.9 Å². The van der Waals surface area contributed by atoms with E-state index in [2.05, 4.69) is 15.2 Å². The van der Waals surface area contributed by atoms with Crippen LogP contribution in [0.1, 0.15) is 37.9 Å². The van der Waals surface area contributed by atoms with Crippen molar-refractivity contribution < 1.29 is 27.1 Å². The third-order valence-electron chi connectivity index (χ3n) is 6.74. The standard InChI is InChI=1S/C26H38FN5O5S/c1-20(2)29-25(33)31(10-9-30-11-14-36-15-12-30)17-22-16-28-26(32(22)18-23-7-5-13-37-23)38(34,35)19-21-6-3-4-8-24(21)27/h3-4,6,8,16,20,23H,5,7,9-15,17-19H2,1-2H3,(H,29,33)/t23-/m0/s1. The molecular weight excluding hydrogens is 513 g/mol. The highest BCUT2D eigenvalue weighted by atomic mass is 32.2. The van der Waals surface area contributed by atoms with Crippen LogP contribution in [-0.4, -0.2) is 91.9 Å². The number of ether oxygens (including phenoxy) is 2. The molecule has 2 amide bonds. The number of urea groups is 1. The van der Waals surface area contributed by atoms with Gasteiger partial charge >= 0.3 is 6.03 Å². The summed E-state index contributed by atoms with van der Waals surface area (Å²) in [6, 6.07) is 5.56. The molecule has 3 heterocycles. The molecule has 38 heavy (non-hydrogen) atoms. The Bertz CT molecular complexity index is 1180. The number of aromatic nitrogens is 2. The van der Waals surface area contributed by atoms with Gasteiger partial charge in [0.2, 0.25) is 15.0 Å². The summed E-state index contributed by atoms with van der Waals surface area (Å²) in [5.41, 5.74) is 0.678. The number of rotatable bonds is 11. The Morgan fingerprint density at radius 3 is 2.68 bits per heavy atom. The van der Waals surface area contributed by atoms with Crippen molar-refractivity contribution in [2.24, 2.45) is 0 Å². The molecule has 2 aliphatic heterocycles. The van der Waals surface area contributed by atoms with Crippen molar-refractivity contribution in [1.82, 2.24) is 24.7 Å². The van der Waals surface area contributed by atoms with Crippen molar-refractivity contribution in [2.45, 2.75) is 62.8 Å². The zero-order valence-electron chi connectivity index (χ0n) is 22.1. The second-order valence-electron chi connectivity index (χ2n) is 10.1. The highest BCUT2D eigenvalue weighted by Crippen LogP contribution is 2.23. The predicted molar refractivity (Wildman–Crippen MR) is 140 cm³/mol. The summed E-state index contributed by atoms with van der Waals surface area (Å²) in [5.74, 6) is -1.08. The lowest BCUT2D eigenvalue weighted by Gasteiger charge is -2.31. The van der Waals surface area contributed by atoms with E-state index in [0.29, 0.717) is 45.1 Å². The van der Waals surface area contributed by atoms with Crippen LogP contribution in [0.25, 0.3) is 0 Å². The lowest BCUT2D eigenvalue weighted by molar-refractivity contribution is 0.0345. The van der Waals surface area contributed by atoms with Gasteiger partial charge in [-0.2, -0.15) is 0 Å². The van der Waals surface area contributed by atoms with Crippen LogP contribution < -0.4 is 5.32 Å². The van der Waals surface area contributed by atoms with Crippen molar-refractivity contribution in [1.29, 1.82) is 0 Å². The molecule has 10 nitrogen and oxygen atoms in total. The molecule has 0 saturated carbocycles. The van der Waals surface area contributed by atoms with Crippen LogP contribution in [0.15, 0.2) is 35.6 Å². The number of morpholine rings is 1. The molecule has 2 aliphatic rings. The van der Waals surface area contributed by atoms with Crippen LogP contribution in [0, 0.1) is 5.82 Å². The van der Waals surface area contributed by atoms with Crippen molar-refractivity contribution in [3.63, 3.8) is 0 Å². The molecule has 2 fully saturated rings. The second kappa shape index (κ2) is 13.0. The molecule has 2 saturated heterocycles. The van der Waals surface area contributed by atoms with Gasteiger partial charge in [0.05, 0.1) is 50.1 Å². The first-order valence-electron chi connectivity index (χ1n) is 13.2. The first kappa shape index (κ1) is 28.5. The molecule has 0 aliphatic carbocycles. The highest BCUT2D eigenvalue weighted by Gasteiger charge is 2.29. The van der Waals surface area contributed by atoms with Gasteiger partial charge in [0, 0.05) is 44.4 Å². The average Bonchev–Trinajstić information content (AvgIpc) is 3.54. The van der Waals surface area contributed by atoms with E-state index in [1.807, 2.05) is 13.8 Å². The van der Waals surface area contributed by atoms with E-state index < -0.39 is 21.4 Å². The number of carbonyl (C=O) groups is 1. The molecule has 210 valence electrons. The fourth-order valence-electron chi connectivity index (χ4n) is 4.71. The summed E-state index contributed by atoms with van der Waals surface area (Å²) in [7, 11) is -3.98. The molecule has 0 bridgehead atoms. The molecule has 1 N–H and O–H groups in total. The van der Waals surface area contributed by atoms with E-state index in [9.17, 15) is 17.6 Å². The monoisotopic (exact) mass is 551 g/mol. The lowest BCUT2D eigenvalue weighted by Crippen LogP contribution is -2.47. The Morgan fingerprint density at radius 1 is 1.24 bits per heavy atom. The quantitative estimate of drug-likeness (QED) is 0.457. The predicted octanol–water partition coefficient (Wildman–Crippen LogP) is 2.43. The smallest absolute Gasteiger partial charge is 0.317 e. The van der Waals surface area contributed by atoms with Crippen molar-refractivity contribution in [2.75, 3.05) is 46.0 Å². The maximum atomic E-state index is 14.3. The summed E-state index contributed by atoms with van der Waals surface area (Å²) in [5, 5.41) is 2.81. The maximum absolute atomic E-state index is 14.3. The van der Waals surface area contributed by atoms with Gasteiger partial charge in [-0.3, -0.25) is 4.90 Å². The number of carbonyl (C=O) groups excluding carboxylic acids is 1. The fraction of sp³-hybridized carbons (Fsp3) is 0.615. The normalized spacial score (nSPS) is 18.7. The minimum Gasteiger partial charge on any atom is -0.379 e. The number of hydrogen-bond acceptors (Lipinski definition) is 7. The van der Waals surface area contributed by atoms with Crippen molar-refractivity contribution in [3.8, 4) is 0 Å². The maximum Gasteiger partial charge on any atom is 0.317 e. The van der Waals surface area contributed by atoms with Crippen LogP contribution >= 0.6 is 0 Å². The van der Waals surface area contributed by atoms with E-state index in [-0.39, 0.29) is 35.4 Å². The Hall–Kier alpha value is -2.54. The van der Waals surface area contributed by atoms with E-state index in [1.165, 1.54) is 24.4 Å². The van der Waals surface area contributed by atoms with Gasteiger partial charge in [0.25, 0.3) is 0 Å². The average molecular weight is 552 g/mol. The van der Waals surface area contributed by atoms with Gasteiger partial charge < -0.3 is 24.3 Å². The zero-order chi connectivity index (χ0) is 27.1. The van der Waals surface area contributed by atoms with E-state index in [0.717, 1.165) is 25.9 Å². The number of nitrogens with one attached hydrogen (secondary N) is 1. The first-order valence-corrected chi connectivity index (χ1v) is 14.9. The third-order valence-corrected chi connectivity index (χ3v) is 8.31. The van der Waals surface area contributed by atoms with E-state index in [4.69, 9.17) is 9.47 Å². The Labute approximate surface area is 224 Å². The highest BCUT2D eigenvalue weighted by molar-refractivity contribution is 7.90. The molecule has 0 radical (unpaired) electrons. The summed E-state index contributed by atoms with van der Waals surface area (Å²) >= 11 is 0. The number of hydrogen-bond donors (Lipinski definition) is 1. The molecule has 12 heteroatoms. The largest absolute Gasteiger partial charge is 0.379 e. The molecule has 0 spiro atoms. The van der Waals surface area contributed by atoms with Gasteiger partial charge in [0.1, 0.15) is 5.82 Å². The van der Waals surface area contributed by atoms with Gasteiger partial charge in [0.15, 0.2) is 0 Å². The van der Waals surface area contributed by atoms with Crippen LogP contribution in [0.4, 0.5) is 9.18 Å². The molecule has 0 unspecified atom stereocenters. The first-order chi connectivity index (χ1) is 18.2.